The van der Waals surface area contributed by atoms with Crippen LogP contribution in [0.25, 0.3) is 0 Å². The number of hydrogen-bond acceptors (Lipinski definition) is 3. The molecule has 0 spiro atoms. The van der Waals surface area contributed by atoms with E-state index in [2.05, 4.69) is 4.98 Å². The fourth-order valence-corrected chi connectivity index (χ4v) is 2.07. The van der Waals surface area contributed by atoms with Gasteiger partial charge in [-0.25, -0.2) is 9.78 Å². The summed E-state index contributed by atoms with van der Waals surface area (Å²) in [5.41, 5.74) is 2.09. The average molecular weight is 224 g/mol. The predicted molar refractivity (Wildman–Crippen MR) is 57.2 cm³/mol. The van der Waals surface area contributed by atoms with Crippen molar-refractivity contribution in [2.75, 3.05) is 6.61 Å². The van der Waals surface area contributed by atoms with Gasteiger partial charge >= 0.3 is 5.97 Å². The molecule has 1 saturated heterocycles. The lowest BCUT2D eigenvalue weighted by Crippen LogP contribution is -2.29. The molecule has 2 atom stereocenters. The number of nitrogens with zero attached hydrogens (tertiary/aromatic N) is 2. The molecule has 2 heterocycles. The van der Waals surface area contributed by atoms with E-state index in [1.165, 1.54) is 0 Å². The third-order valence-electron chi connectivity index (χ3n) is 3.23. The Balaban J connectivity index is 2.09. The van der Waals surface area contributed by atoms with E-state index < -0.39 is 12.1 Å². The minimum Gasteiger partial charge on any atom is -0.479 e. The van der Waals surface area contributed by atoms with Crippen LogP contribution >= 0.6 is 0 Å². The third kappa shape index (κ3) is 1.95. The first-order valence-electron chi connectivity index (χ1n) is 5.42. The molecule has 0 saturated carbocycles. The smallest absolute Gasteiger partial charge is 0.333 e. The Labute approximate surface area is 94.1 Å². The van der Waals surface area contributed by atoms with E-state index in [1.807, 2.05) is 18.4 Å². The summed E-state index contributed by atoms with van der Waals surface area (Å²) in [6.45, 7) is 5.15. The van der Waals surface area contributed by atoms with Gasteiger partial charge in [-0.2, -0.15) is 0 Å². The zero-order valence-corrected chi connectivity index (χ0v) is 9.51. The van der Waals surface area contributed by atoms with Crippen LogP contribution in [0.2, 0.25) is 0 Å². The minimum atomic E-state index is -0.864. The van der Waals surface area contributed by atoms with Gasteiger partial charge in [-0.15, -0.1) is 0 Å². The van der Waals surface area contributed by atoms with Gasteiger partial charge in [-0.05, 0) is 20.3 Å². The highest BCUT2D eigenvalue weighted by atomic mass is 16.5. The van der Waals surface area contributed by atoms with E-state index >= 15 is 0 Å². The van der Waals surface area contributed by atoms with Crippen LogP contribution in [0.5, 0.6) is 0 Å². The lowest BCUT2D eigenvalue weighted by molar-refractivity contribution is -0.149. The van der Waals surface area contributed by atoms with Crippen molar-refractivity contribution in [1.82, 2.24) is 9.55 Å². The summed E-state index contributed by atoms with van der Waals surface area (Å²) in [5.74, 6) is -0.818. The number of imidazole rings is 1. The van der Waals surface area contributed by atoms with E-state index in [0.717, 1.165) is 17.8 Å². The molecular weight excluding hydrogens is 208 g/mol. The number of ether oxygens (including phenoxy) is 1. The molecule has 1 aliphatic heterocycles. The third-order valence-corrected chi connectivity index (χ3v) is 3.23. The van der Waals surface area contributed by atoms with Crippen molar-refractivity contribution in [2.24, 2.45) is 5.92 Å². The van der Waals surface area contributed by atoms with Crippen LogP contribution in [-0.4, -0.2) is 33.3 Å². The maximum atomic E-state index is 10.9. The Morgan fingerprint density at radius 2 is 2.44 bits per heavy atom. The van der Waals surface area contributed by atoms with E-state index in [1.54, 1.807) is 6.33 Å². The second kappa shape index (κ2) is 4.25. The van der Waals surface area contributed by atoms with Crippen LogP contribution in [0.15, 0.2) is 6.33 Å². The normalized spacial score (nSPS) is 24.9. The van der Waals surface area contributed by atoms with Crippen molar-refractivity contribution < 1.29 is 14.6 Å². The van der Waals surface area contributed by atoms with Crippen LogP contribution in [0.1, 0.15) is 17.8 Å². The molecule has 0 aromatic carbocycles. The molecule has 1 fully saturated rings. The Morgan fingerprint density at radius 1 is 1.69 bits per heavy atom. The lowest BCUT2D eigenvalue weighted by Gasteiger charge is -2.15. The Kier molecular flexibility index (Phi) is 2.96. The summed E-state index contributed by atoms with van der Waals surface area (Å²) in [6.07, 6.45) is 1.90. The second-order valence-corrected chi connectivity index (χ2v) is 4.25. The molecule has 2 rings (SSSR count). The lowest BCUT2D eigenvalue weighted by atomic mass is 10.0. The molecule has 16 heavy (non-hydrogen) atoms. The number of aliphatic carboxylic acids is 1. The zero-order chi connectivity index (χ0) is 11.7. The van der Waals surface area contributed by atoms with Gasteiger partial charge in [0, 0.05) is 24.8 Å². The summed E-state index contributed by atoms with van der Waals surface area (Å²) >= 11 is 0. The van der Waals surface area contributed by atoms with Crippen molar-refractivity contribution in [3.63, 3.8) is 0 Å². The Morgan fingerprint density at radius 3 is 3.00 bits per heavy atom. The zero-order valence-electron chi connectivity index (χ0n) is 9.51. The molecule has 5 nitrogen and oxygen atoms in total. The molecule has 0 bridgehead atoms. The number of carbonyl (C=O) groups is 1. The molecule has 1 N–H and O–H groups in total. The first-order chi connectivity index (χ1) is 7.59. The van der Waals surface area contributed by atoms with E-state index in [0.29, 0.717) is 13.2 Å². The predicted octanol–water partition coefficient (Wildman–Crippen LogP) is 0.990. The molecule has 2 unspecified atom stereocenters. The summed E-state index contributed by atoms with van der Waals surface area (Å²) in [5, 5.41) is 8.99. The Hall–Kier alpha value is -1.36. The largest absolute Gasteiger partial charge is 0.479 e. The summed E-state index contributed by atoms with van der Waals surface area (Å²) in [7, 11) is 0. The average Bonchev–Trinajstić information content (AvgIpc) is 2.80. The topological polar surface area (TPSA) is 64.4 Å². The fraction of sp³-hybridized carbons (Fsp3) is 0.636. The van der Waals surface area contributed by atoms with E-state index in [-0.39, 0.29) is 5.92 Å². The quantitative estimate of drug-likeness (QED) is 0.831. The number of aryl methyl sites for hydroxylation is 1. The van der Waals surface area contributed by atoms with Gasteiger partial charge in [-0.1, -0.05) is 0 Å². The van der Waals surface area contributed by atoms with Crippen LogP contribution in [-0.2, 0) is 16.1 Å². The molecule has 1 aliphatic rings. The standard InChI is InChI=1S/C11H16N2O3/c1-7-8(2)13(6-12-7)5-9-3-4-16-10(9)11(14)15/h6,9-10H,3-5H2,1-2H3,(H,14,15). The first-order valence-corrected chi connectivity index (χ1v) is 5.42. The van der Waals surface area contributed by atoms with Crippen LogP contribution in [0, 0.1) is 19.8 Å². The summed E-state index contributed by atoms with van der Waals surface area (Å²) in [4.78, 5) is 15.1. The van der Waals surface area contributed by atoms with Crippen LogP contribution < -0.4 is 0 Å². The molecule has 1 aromatic heterocycles. The van der Waals surface area contributed by atoms with Gasteiger partial charge in [0.1, 0.15) is 0 Å². The van der Waals surface area contributed by atoms with Gasteiger partial charge < -0.3 is 14.4 Å². The van der Waals surface area contributed by atoms with Gasteiger partial charge in [0.15, 0.2) is 6.10 Å². The molecule has 0 amide bonds. The SMILES string of the molecule is Cc1ncn(CC2CCOC2C(=O)O)c1C. The maximum absolute atomic E-state index is 10.9. The van der Waals surface area contributed by atoms with Gasteiger partial charge in [-0.3, -0.25) is 0 Å². The number of carboxylic acids is 1. The molecule has 1 aromatic rings. The van der Waals surface area contributed by atoms with Crippen LogP contribution in [0.4, 0.5) is 0 Å². The summed E-state index contributed by atoms with van der Waals surface area (Å²) < 4.78 is 7.22. The second-order valence-electron chi connectivity index (χ2n) is 4.25. The number of hydrogen-bond donors (Lipinski definition) is 1. The molecule has 5 heteroatoms. The van der Waals surface area contributed by atoms with Crippen LogP contribution in [0.3, 0.4) is 0 Å². The highest BCUT2D eigenvalue weighted by molar-refractivity contribution is 5.73. The van der Waals surface area contributed by atoms with Crippen molar-refractivity contribution in [3.05, 3.63) is 17.7 Å². The molecule has 0 aliphatic carbocycles. The van der Waals surface area contributed by atoms with Crippen molar-refractivity contribution >= 4 is 5.97 Å². The Bertz CT molecular complexity index is 400. The highest BCUT2D eigenvalue weighted by Crippen LogP contribution is 2.23. The van der Waals surface area contributed by atoms with Gasteiger partial charge in [0.2, 0.25) is 0 Å². The number of carboxylic acid groups (broad SMARTS) is 1. The maximum Gasteiger partial charge on any atom is 0.333 e. The highest BCUT2D eigenvalue weighted by Gasteiger charge is 2.34. The summed E-state index contributed by atoms with van der Waals surface area (Å²) in [6, 6.07) is 0. The van der Waals surface area contributed by atoms with E-state index in [4.69, 9.17) is 9.84 Å². The van der Waals surface area contributed by atoms with Crippen molar-refractivity contribution in [1.29, 1.82) is 0 Å². The fourth-order valence-electron chi connectivity index (χ4n) is 2.07. The molecule has 88 valence electrons. The minimum absolute atomic E-state index is 0.0461. The monoisotopic (exact) mass is 224 g/mol. The number of rotatable bonds is 3. The molecular formula is C11H16N2O3. The van der Waals surface area contributed by atoms with E-state index in [9.17, 15) is 4.79 Å². The van der Waals surface area contributed by atoms with Gasteiger partial charge in [0.05, 0.1) is 12.0 Å². The van der Waals surface area contributed by atoms with Crippen molar-refractivity contribution in [2.45, 2.75) is 32.9 Å². The molecule has 0 radical (unpaired) electrons. The number of aromatic nitrogens is 2. The van der Waals surface area contributed by atoms with Gasteiger partial charge in [0.25, 0.3) is 0 Å². The first kappa shape index (κ1) is 11.1. The van der Waals surface area contributed by atoms with Crippen molar-refractivity contribution in [3.8, 4) is 0 Å².